The van der Waals surface area contributed by atoms with Crippen LogP contribution in [0.4, 0.5) is 0 Å². The van der Waals surface area contributed by atoms with Gasteiger partial charge in [-0.1, -0.05) is 85.8 Å². The van der Waals surface area contributed by atoms with Crippen LogP contribution in [0, 0.1) is 0 Å². The third kappa shape index (κ3) is 2.91. The SMILES string of the molecule is CCc1nc2ccccc2n1-c1cc2c(-c3ccccc3)nc3ccccc3c2c2c1oc1ccccc12. The number of hydrogen-bond acceptors (Lipinski definition) is 3. The normalized spacial score (nSPS) is 11.9. The Kier molecular flexibility index (Phi) is 4.47. The number of imidazole rings is 1. The minimum atomic E-state index is 0.802. The lowest BCUT2D eigenvalue weighted by Gasteiger charge is -2.15. The highest BCUT2D eigenvalue weighted by molar-refractivity contribution is 6.29. The summed E-state index contributed by atoms with van der Waals surface area (Å²) < 4.78 is 8.96. The van der Waals surface area contributed by atoms with E-state index in [4.69, 9.17) is 14.4 Å². The zero-order chi connectivity index (χ0) is 25.2. The van der Waals surface area contributed by atoms with Crippen LogP contribution in [0.15, 0.2) is 114 Å². The van der Waals surface area contributed by atoms with E-state index in [0.29, 0.717) is 0 Å². The molecule has 38 heavy (non-hydrogen) atoms. The Morgan fingerprint density at radius 2 is 1.37 bits per heavy atom. The number of furan rings is 1. The molecule has 0 amide bonds. The Hall–Kier alpha value is -4.96. The topological polar surface area (TPSA) is 43.9 Å². The second-order valence-electron chi connectivity index (χ2n) is 9.67. The average molecular weight is 490 g/mol. The summed E-state index contributed by atoms with van der Waals surface area (Å²) >= 11 is 0. The summed E-state index contributed by atoms with van der Waals surface area (Å²) in [5, 5.41) is 5.61. The number of hydrogen-bond donors (Lipinski definition) is 0. The highest BCUT2D eigenvalue weighted by Crippen LogP contribution is 2.44. The van der Waals surface area contributed by atoms with Crippen LogP contribution in [-0.4, -0.2) is 14.5 Å². The maximum atomic E-state index is 6.69. The number of fused-ring (bicyclic) bond motifs is 8. The van der Waals surface area contributed by atoms with Crippen molar-refractivity contribution in [2.24, 2.45) is 0 Å². The number of pyridine rings is 1. The molecule has 0 aliphatic heterocycles. The monoisotopic (exact) mass is 489 g/mol. The van der Waals surface area contributed by atoms with E-state index in [9.17, 15) is 0 Å². The van der Waals surface area contributed by atoms with Gasteiger partial charge in [0.15, 0.2) is 5.58 Å². The molecule has 4 nitrogen and oxygen atoms in total. The first kappa shape index (κ1) is 21.2. The predicted octanol–water partition coefficient (Wildman–Crippen LogP) is 8.86. The van der Waals surface area contributed by atoms with Crippen LogP contribution in [0.5, 0.6) is 0 Å². The minimum absolute atomic E-state index is 0.802. The Morgan fingerprint density at radius 1 is 0.658 bits per heavy atom. The Morgan fingerprint density at radius 3 is 2.21 bits per heavy atom. The molecule has 0 saturated carbocycles. The van der Waals surface area contributed by atoms with E-state index in [-0.39, 0.29) is 0 Å². The molecule has 180 valence electrons. The zero-order valence-electron chi connectivity index (χ0n) is 20.8. The maximum Gasteiger partial charge on any atom is 0.160 e. The molecule has 0 fully saturated rings. The van der Waals surface area contributed by atoms with Crippen molar-refractivity contribution in [1.82, 2.24) is 14.5 Å². The van der Waals surface area contributed by atoms with Crippen molar-refractivity contribution in [3.05, 3.63) is 115 Å². The third-order valence-electron chi connectivity index (χ3n) is 7.52. The van der Waals surface area contributed by atoms with E-state index < -0.39 is 0 Å². The van der Waals surface area contributed by atoms with Crippen LogP contribution in [0.25, 0.3) is 71.6 Å². The van der Waals surface area contributed by atoms with Crippen LogP contribution < -0.4 is 0 Å². The fourth-order valence-corrected chi connectivity index (χ4v) is 5.88. The van der Waals surface area contributed by atoms with Crippen molar-refractivity contribution >= 4 is 54.6 Å². The van der Waals surface area contributed by atoms with E-state index in [1.165, 1.54) is 5.39 Å². The summed E-state index contributed by atoms with van der Waals surface area (Å²) in [7, 11) is 0. The van der Waals surface area contributed by atoms with Crippen molar-refractivity contribution in [3.8, 4) is 16.9 Å². The fourth-order valence-electron chi connectivity index (χ4n) is 5.88. The molecular formula is C34H23N3O. The molecule has 0 saturated heterocycles. The van der Waals surface area contributed by atoms with Gasteiger partial charge < -0.3 is 4.42 Å². The molecule has 3 aromatic heterocycles. The standard InChI is InChI=1S/C34H23N3O/c1-2-30-35-26-17-9-10-18-27(26)37(30)28-20-24-31(32-23-15-7-11-19-29(23)38-34(28)32)22-14-6-8-16-25(22)36-33(24)21-12-4-3-5-13-21/h3-20H,2H2,1H3. The lowest BCUT2D eigenvalue weighted by Crippen LogP contribution is -2.01. The summed E-state index contributed by atoms with van der Waals surface area (Å²) in [6.07, 6.45) is 0.802. The molecule has 0 bridgehead atoms. The molecule has 3 heterocycles. The van der Waals surface area contributed by atoms with Crippen molar-refractivity contribution in [2.45, 2.75) is 13.3 Å². The Bertz CT molecular complexity index is 2170. The van der Waals surface area contributed by atoms with Crippen molar-refractivity contribution in [1.29, 1.82) is 0 Å². The second-order valence-corrected chi connectivity index (χ2v) is 9.67. The highest BCUT2D eigenvalue weighted by atomic mass is 16.3. The van der Waals surface area contributed by atoms with Crippen LogP contribution in [0.2, 0.25) is 0 Å². The van der Waals surface area contributed by atoms with E-state index in [1.54, 1.807) is 0 Å². The van der Waals surface area contributed by atoms with Gasteiger partial charge in [0, 0.05) is 38.9 Å². The van der Waals surface area contributed by atoms with Gasteiger partial charge >= 0.3 is 0 Å². The van der Waals surface area contributed by atoms with Gasteiger partial charge in [0.1, 0.15) is 11.4 Å². The van der Waals surface area contributed by atoms with Gasteiger partial charge in [0.2, 0.25) is 0 Å². The first-order chi connectivity index (χ1) is 18.8. The number of rotatable bonds is 3. The zero-order valence-corrected chi connectivity index (χ0v) is 20.8. The molecule has 0 radical (unpaired) electrons. The largest absolute Gasteiger partial charge is 0.454 e. The quantitative estimate of drug-likeness (QED) is 0.233. The smallest absolute Gasteiger partial charge is 0.160 e. The second kappa shape index (κ2) is 8.02. The van der Waals surface area contributed by atoms with Crippen molar-refractivity contribution in [2.75, 3.05) is 0 Å². The lowest BCUT2D eigenvalue weighted by atomic mass is 9.95. The molecule has 0 aliphatic rings. The minimum Gasteiger partial charge on any atom is -0.454 e. The average Bonchev–Trinajstić information content (AvgIpc) is 3.55. The third-order valence-corrected chi connectivity index (χ3v) is 7.52. The van der Waals surface area contributed by atoms with Gasteiger partial charge in [0.25, 0.3) is 0 Å². The van der Waals surface area contributed by atoms with Crippen molar-refractivity contribution in [3.63, 3.8) is 0 Å². The summed E-state index contributed by atoms with van der Waals surface area (Å²) in [4.78, 5) is 10.2. The summed E-state index contributed by atoms with van der Waals surface area (Å²) in [6, 6.07) is 37.8. The maximum absolute atomic E-state index is 6.69. The van der Waals surface area contributed by atoms with E-state index >= 15 is 0 Å². The first-order valence-corrected chi connectivity index (χ1v) is 13.0. The van der Waals surface area contributed by atoms with Gasteiger partial charge in [-0.25, -0.2) is 9.97 Å². The number of aryl methyl sites for hydroxylation is 1. The van der Waals surface area contributed by atoms with Gasteiger partial charge in [-0.05, 0) is 30.3 Å². The predicted molar refractivity (Wildman–Crippen MR) is 156 cm³/mol. The number of aromatic nitrogens is 3. The van der Waals surface area contributed by atoms with Crippen LogP contribution in [-0.2, 0) is 6.42 Å². The summed E-state index contributed by atoms with van der Waals surface area (Å²) in [6.45, 7) is 2.15. The van der Waals surface area contributed by atoms with Crippen LogP contribution in [0.1, 0.15) is 12.7 Å². The number of benzene rings is 5. The van der Waals surface area contributed by atoms with E-state index in [2.05, 4.69) is 102 Å². The van der Waals surface area contributed by atoms with Crippen molar-refractivity contribution < 1.29 is 4.42 Å². The molecule has 4 heteroatoms. The van der Waals surface area contributed by atoms with E-state index in [0.717, 1.165) is 78.5 Å². The molecule has 5 aromatic carbocycles. The first-order valence-electron chi connectivity index (χ1n) is 13.0. The Balaban J connectivity index is 1.67. The molecule has 0 atom stereocenters. The number of nitrogens with zero attached hydrogens (tertiary/aromatic N) is 3. The van der Waals surface area contributed by atoms with E-state index in [1.807, 2.05) is 18.2 Å². The van der Waals surface area contributed by atoms with Crippen LogP contribution >= 0.6 is 0 Å². The summed E-state index contributed by atoms with van der Waals surface area (Å²) in [5.41, 5.74) is 7.81. The fraction of sp³-hybridized carbons (Fsp3) is 0.0588. The highest BCUT2D eigenvalue weighted by Gasteiger charge is 2.23. The number of para-hydroxylation sites is 4. The molecular weight excluding hydrogens is 466 g/mol. The molecule has 0 spiro atoms. The summed E-state index contributed by atoms with van der Waals surface area (Å²) in [5.74, 6) is 1.00. The van der Waals surface area contributed by atoms with Gasteiger partial charge in [-0.15, -0.1) is 0 Å². The molecule has 8 rings (SSSR count). The molecule has 0 aliphatic carbocycles. The van der Waals surface area contributed by atoms with Gasteiger partial charge in [-0.3, -0.25) is 4.57 Å². The van der Waals surface area contributed by atoms with Crippen LogP contribution in [0.3, 0.4) is 0 Å². The molecule has 0 N–H and O–H groups in total. The van der Waals surface area contributed by atoms with Gasteiger partial charge in [0.05, 0.1) is 27.9 Å². The van der Waals surface area contributed by atoms with Gasteiger partial charge in [-0.2, -0.15) is 0 Å². The Labute approximate surface area is 218 Å². The molecule has 8 aromatic rings. The molecule has 0 unspecified atom stereocenters. The lowest BCUT2D eigenvalue weighted by molar-refractivity contribution is 0.665.